The Hall–Kier alpha value is -15.8. The Morgan fingerprint density at radius 3 is 0.950 bits per heavy atom. The van der Waals surface area contributed by atoms with Crippen LogP contribution in [0.2, 0.25) is 30.1 Å². The number of carbonyl (C=O) groups is 6. The SMILES string of the molecule is C=C(F)c1c(N)nc(-c2ccc(Cl)c(OC)c2F)nc1C(=O)OC.C=C(OCC)c1c(N)nc(-c2ccc(Cl)c(OC)c2F)nc1C(=O)OC.C=Cc1c(N)nc(-c2cc(C)c(Cl)cc2F)nc1C(=O)OC.C=Cc1c(N)nc(-c2cc(F)c(Cl)cc2F)nc1C(=O)OC.C=Cc1c(N)nc(-c2cc(OC)c(Cl)cc2F)nc1C(=O)OC.C=Cc1c(N)nc(-c2ccc(Cl)c(F)c2F)nc1C(=O)OC. The summed E-state index contributed by atoms with van der Waals surface area (Å²) in [5.74, 6) is -14.8. The fourth-order valence-electron chi connectivity index (χ4n) is 11.6. The van der Waals surface area contributed by atoms with E-state index >= 15 is 0 Å². The topological polar surface area (TPSA) is 506 Å². The lowest BCUT2D eigenvalue weighted by molar-refractivity contribution is 0.0584. The largest absolute Gasteiger partial charge is 0.495 e. The van der Waals surface area contributed by atoms with E-state index in [-0.39, 0.29) is 213 Å². The maximum absolute atomic E-state index is 14.7. The van der Waals surface area contributed by atoms with Gasteiger partial charge in [0.2, 0.25) is 0 Å². The molecule has 6 heterocycles. The number of hydrogen-bond donors (Lipinski definition) is 6. The highest BCUT2D eigenvalue weighted by atomic mass is 35.5. The minimum absolute atomic E-state index is 0.00685. The highest BCUT2D eigenvalue weighted by Crippen LogP contribution is 2.41. The van der Waals surface area contributed by atoms with E-state index in [2.05, 4.69) is 123 Å². The molecule has 6 aromatic carbocycles. The second-order valence-electron chi connectivity index (χ2n) is 26.5. The molecule has 34 nitrogen and oxygen atoms in total. The number of hydrogen-bond acceptors (Lipinski definition) is 34. The van der Waals surface area contributed by atoms with Crippen LogP contribution in [-0.4, -0.2) is 166 Å². The molecule has 0 aliphatic rings. The number of methoxy groups -OCH3 is 9. The van der Waals surface area contributed by atoms with Gasteiger partial charge in [0.25, 0.3) is 0 Å². The molecule has 0 aliphatic heterocycles. The molecule has 0 saturated carbocycles. The molecule has 0 fully saturated rings. The number of anilines is 6. The summed E-state index contributed by atoms with van der Waals surface area (Å²) in [7, 11) is 10.9. The molecule has 0 spiro atoms. The molecular formula is C90H75Cl6F9N18O16. The van der Waals surface area contributed by atoms with Gasteiger partial charge >= 0.3 is 35.8 Å². The molecule has 6 aromatic heterocycles. The molecule has 0 unspecified atom stereocenters. The van der Waals surface area contributed by atoms with Crippen LogP contribution < -0.4 is 48.6 Å². The minimum atomic E-state index is -1.24. The Bertz CT molecular complexity index is 6710. The smallest absolute Gasteiger partial charge is 0.357 e. The summed E-state index contributed by atoms with van der Waals surface area (Å²) >= 11 is 34.4. The first kappa shape index (κ1) is 110. The summed E-state index contributed by atoms with van der Waals surface area (Å²) in [6.45, 7) is 24.6. The number of esters is 6. The summed E-state index contributed by atoms with van der Waals surface area (Å²) in [6.07, 6.45) is 5.20. The van der Waals surface area contributed by atoms with Crippen LogP contribution in [0.4, 0.5) is 74.4 Å². The maximum atomic E-state index is 14.7. The first-order valence-corrected chi connectivity index (χ1v) is 40.6. The van der Waals surface area contributed by atoms with Crippen molar-refractivity contribution < 1.29 is 116 Å². The third kappa shape index (κ3) is 25.3. The number of rotatable bonds is 23. The molecule has 49 heteroatoms. The van der Waals surface area contributed by atoms with E-state index in [1.807, 2.05) is 0 Å². The van der Waals surface area contributed by atoms with Gasteiger partial charge in [0, 0.05) is 27.3 Å². The van der Waals surface area contributed by atoms with Crippen LogP contribution in [0.25, 0.3) is 104 Å². The van der Waals surface area contributed by atoms with Gasteiger partial charge in [0.05, 0.1) is 140 Å². The maximum Gasteiger partial charge on any atom is 0.357 e. The van der Waals surface area contributed by atoms with Gasteiger partial charge in [-0.15, -0.1) is 0 Å². The third-order valence-electron chi connectivity index (χ3n) is 18.2. The molecule has 12 aromatic rings. The van der Waals surface area contributed by atoms with Crippen molar-refractivity contribution in [1.82, 2.24) is 59.8 Å². The van der Waals surface area contributed by atoms with Crippen molar-refractivity contribution in [2.24, 2.45) is 0 Å². The second-order valence-corrected chi connectivity index (χ2v) is 29.0. The van der Waals surface area contributed by atoms with Gasteiger partial charge in [-0.05, 0) is 92.2 Å². The fraction of sp³-hybridized carbons (Fsp3) is 0.133. The van der Waals surface area contributed by atoms with Crippen molar-refractivity contribution in [3.8, 4) is 85.6 Å². The van der Waals surface area contributed by atoms with Crippen LogP contribution in [-0.2, 0) is 33.2 Å². The van der Waals surface area contributed by atoms with Gasteiger partial charge in [0.15, 0.2) is 104 Å². The Morgan fingerprint density at radius 1 is 0.331 bits per heavy atom. The van der Waals surface area contributed by atoms with Crippen molar-refractivity contribution in [3.05, 3.63) is 262 Å². The molecule has 12 rings (SSSR count). The van der Waals surface area contributed by atoms with Crippen molar-refractivity contribution in [3.63, 3.8) is 0 Å². The number of nitrogens with zero attached hydrogens (tertiary/aromatic N) is 12. The predicted molar refractivity (Wildman–Crippen MR) is 505 cm³/mol. The zero-order valence-electron chi connectivity index (χ0n) is 74.2. The molecule has 139 heavy (non-hydrogen) atoms. The number of nitrogens with two attached hydrogens (primary N) is 6. The standard InChI is InChI=1S/C17H17ClFN3O4.C15H12ClF2N3O3.C15H13ClFN3O3.C15H13ClFN3O2.2C14H10ClF2N3O2/c1-5-26-8(2)11-13(17(23)25-4)21-16(22-15(11)20)9-6-7-10(18)14(24-3)12(9)19;1-6(17)9-11(15(22)24-3)20-14(21-13(9)19)7-4-5-8(16)12(23-2)10(7)18;1-4-7-12(15(21)23-3)19-14(20-13(7)18)8-5-11(22-2)9(16)6-10(8)17;1-4-8-12(15(21)22-3)19-14(20-13(8)18)9-5-7(2)10(16)6-11(9)17;1-3-6-11(14(21)22-2)19-13(20-12(6)18)7-4-10(17)8(15)5-9(7)16;1-3-6-11(14(21)22-2)19-13(20-12(6)18)7-4-5-8(15)10(17)9(7)16/h6-7H,2,5H2,1,3-4H3,(H2,20,21,22);4-5H,1H2,2-3H3,(H2,19,20,21);4-6H,1H2,2-3H3,(H2,18,19,20);4-6H,1H2,2-3H3,(H2,18,19,20);2*3-5H,1H2,2H3,(H2,18,19,20). The highest BCUT2D eigenvalue weighted by molar-refractivity contribution is 6.33. The van der Waals surface area contributed by atoms with Gasteiger partial charge < -0.3 is 81.8 Å². The van der Waals surface area contributed by atoms with Gasteiger partial charge in [-0.1, -0.05) is 133 Å². The predicted octanol–water partition coefficient (Wildman–Crippen LogP) is 19.0. The van der Waals surface area contributed by atoms with Crippen LogP contribution in [0.1, 0.15) is 109 Å². The lowest BCUT2D eigenvalue weighted by Gasteiger charge is -2.15. The van der Waals surface area contributed by atoms with Gasteiger partial charge in [-0.25, -0.2) is 128 Å². The Labute approximate surface area is 813 Å². The van der Waals surface area contributed by atoms with E-state index < -0.39 is 99.4 Å². The molecule has 12 N–H and O–H groups in total. The van der Waals surface area contributed by atoms with Crippen LogP contribution in [0, 0.1) is 53.5 Å². The zero-order chi connectivity index (χ0) is 104. The molecule has 0 amide bonds. The molecule has 0 saturated heterocycles. The van der Waals surface area contributed by atoms with Crippen molar-refractivity contribution in [1.29, 1.82) is 0 Å². The Kier molecular flexibility index (Phi) is 38.9. The van der Waals surface area contributed by atoms with Gasteiger partial charge in [-0.2, -0.15) is 0 Å². The van der Waals surface area contributed by atoms with Crippen molar-refractivity contribution >= 4 is 176 Å². The molecule has 0 aliphatic carbocycles. The summed E-state index contributed by atoms with van der Waals surface area (Å²) in [4.78, 5) is 119. The summed E-state index contributed by atoms with van der Waals surface area (Å²) < 4.78 is 174. The number of benzene rings is 6. The number of nitrogen functional groups attached to an aromatic ring is 6. The first-order chi connectivity index (χ1) is 65.7. The van der Waals surface area contributed by atoms with E-state index in [1.165, 1.54) is 109 Å². The summed E-state index contributed by atoms with van der Waals surface area (Å²) in [5.41, 5.74) is 33.8. The Morgan fingerprint density at radius 2 is 0.619 bits per heavy atom. The van der Waals surface area contributed by atoms with Crippen LogP contribution in [0.15, 0.2) is 112 Å². The Balaban J connectivity index is 0.000000227. The highest BCUT2D eigenvalue weighted by Gasteiger charge is 2.31. The van der Waals surface area contributed by atoms with Crippen LogP contribution >= 0.6 is 69.6 Å². The quantitative estimate of drug-likeness (QED) is 0.00865. The van der Waals surface area contributed by atoms with Crippen LogP contribution in [0.5, 0.6) is 17.2 Å². The molecular weight excluding hydrogens is 1970 g/mol. The second kappa shape index (κ2) is 49.1. The normalized spacial score (nSPS) is 10.3. The van der Waals surface area contributed by atoms with Gasteiger partial charge in [0.1, 0.15) is 75.5 Å². The van der Waals surface area contributed by atoms with Crippen molar-refractivity contribution in [2.75, 3.05) is 105 Å². The summed E-state index contributed by atoms with van der Waals surface area (Å²) in [5, 5.41) is -0.275. The van der Waals surface area contributed by atoms with E-state index in [0.29, 0.717) is 12.2 Å². The van der Waals surface area contributed by atoms with E-state index in [4.69, 9.17) is 128 Å². The fourth-order valence-corrected chi connectivity index (χ4v) is 12.7. The van der Waals surface area contributed by atoms with Gasteiger partial charge in [-0.3, -0.25) is 0 Å². The number of aromatic nitrogens is 12. The van der Waals surface area contributed by atoms with E-state index in [9.17, 15) is 68.3 Å². The monoisotopic (exact) mass is 2040 g/mol. The van der Waals surface area contributed by atoms with E-state index in [1.54, 1.807) is 13.8 Å². The number of carbonyl (C=O) groups excluding carboxylic acids is 6. The third-order valence-corrected chi connectivity index (χ3v) is 20.1. The average molecular weight is 2050 g/mol. The lowest BCUT2D eigenvalue weighted by atomic mass is 10.1. The van der Waals surface area contributed by atoms with E-state index in [0.717, 1.165) is 51.7 Å². The average Bonchev–Trinajstić information content (AvgIpc) is 0.764. The molecule has 0 radical (unpaired) electrons. The minimum Gasteiger partial charge on any atom is -0.495 e. The number of halogens is 15. The molecule has 726 valence electrons. The molecule has 0 atom stereocenters. The number of aryl methyl sites for hydroxylation is 1. The van der Waals surface area contributed by atoms with Crippen LogP contribution in [0.3, 0.4) is 0 Å². The number of ether oxygens (including phenoxy) is 10. The van der Waals surface area contributed by atoms with Crippen molar-refractivity contribution in [2.45, 2.75) is 13.8 Å². The first-order valence-electron chi connectivity index (χ1n) is 38.3. The lowest BCUT2D eigenvalue weighted by Crippen LogP contribution is -2.14. The zero-order valence-corrected chi connectivity index (χ0v) is 78.8. The molecule has 0 bridgehead atoms. The summed E-state index contributed by atoms with van der Waals surface area (Å²) in [6, 6.07) is 14.4.